The minimum absolute atomic E-state index is 0.120. The lowest BCUT2D eigenvalue weighted by molar-refractivity contribution is -0.137. The van der Waals surface area contributed by atoms with Crippen LogP contribution in [0.3, 0.4) is 0 Å². The number of sulfonamides is 1. The van der Waals surface area contributed by atoms with Crippen LogP contribution >= 0.6 is 11.6 Å². The maximum Gasteiger partial charge on any atom is 0.417 e. The molecule has 2 aromatic carbocycles. The largest absolute Gasteiger partial charge is 0.496 e. The first kappa shape index (κ1) is 23.8. The van der Waals surface area contributed by atoms with Crippen molar-refractivity contribution in [3.05, 3.63) is 58.6 Å². The lowest BCUT2D eigenvalue weighted by Crippen LogP contribution is -2.41. The lowest BCUT2D eigenvalue weighted by Gasteiger charge is -2.26. The Morgan fingerprint density at radius 2 is 1.80 bits per heavy atom. The molecular formula is C19H20ClF3N2O4S. The van der Waals surface area contributed by atoms with Gasteiger partial charge in [-0.05, 0) is 24.3 Å². The standard InChI is InChI=1S/C19H20ClF3N2O4S/c1-24(11-13-6-4-5-7-17(13)29-2)18(26)12-25(30(3,27)28)14-8-9-16(20)15(10-14)19(21,22)23/h4-10H,11-12H2,1-3H3. The van der Waals surface area contributed by atoms with Gasteiger partial charge in [0.05, 0.1) is 29.6 Å². The summed E-state index contributed by atoms with van der Waals surface area (Å²) in [4.78, 5) is 13.9. The molecule has 0 fully saturated rings. The van der Waals surface area contributed by atoms with Gasteiger partial charge in [-0.1, -0.05) is 29.8 Å². The third kappa shape index (κ3) is 5.79. The molecule has 0 aliphatic rings. The summed E-state index contributed by atoms with van der Waals surface area (Å²) in [5, 5.41) is -0.570. The summed E-state index contributed by atoms with van der Waals surface area (Å²) in [6.45, 7) is -0.557. The van der Waals surface area contributed by atoms with Crippen LogP contribution in [0, 0.1) is 0 Å². The van der Waals surface area contributed by atoms with E-state index in [2.05, 4.69) is 0 Å². The van der Waals surface area contributed by atoms with Gasteiger partial charge < -0.3 is 9.64 Å². The highest BCUT2D eigenvalue weighted by atomic mass is 35.5. The summed E-state index contributed by atoms with van der Waals surface area (Å²) >= 11 is 5.60. The number of hydrogen-bond donors (Lipinski definition) is 0. The molecule has 0 saturated heterocycles. The highest BCUT2D eigenvalue weighted by molar-refractivity contribution is 7.92. The maximum atomic E-state index is 13.2. The molecule has 2 rings (SSSR count). The summed E-state index contributed by atoms with van der Waals surface area (Å²) in [5.41, 5.74) is -0.814. The quantitative estimate of drug-likeness (QED) is 0.625. The molecule has 0 bridgehead atoms. The number of amides is 1. The van der Waals surface area contributed by atoms with Crippen molar-refractivity contribution in [2.24, 2.45) is 0 Å². The van der Waals surface area contributed by atoms with Crippen LogP contribution in [-0.4, -0.2) is 46.2 Å². The number of carbonyl (C=O) groups excluding carboxylic acids is 1. The molecule has 0 radical (unpaired) electrons. The average molecular weight is 465 g/mol. The van der Waals surface area contributed by atoms with Gasteiger partial charge >= 0.3 is 6.18 Å². The van der Waals surface area contributed by atoms with E-state index in [9.17, 15) is 26.4 Å². The van der Waals surface area contributed by atoms with E-state index in [0.29, 0.717) is 21.7 Å². The van der Waals surface area contributed by atoms with Crippen molar-refractivity contribution in [3.8, 4) is 5.75 Å². The highest BCUT2D eigenvalue weighted by Gasteiger charge is 2.34. The van der Waals surface area contributed by atoms with Crippen LogP contribution in [0.4, 0.5) is 18.9 Å². The Kier molecular flexibility index (Phi) is 7.25. The Labute approximate surface area is 177 Å². The van der Waals surface area contributed by atoms with E-state index in [0.717, 1.165) is 18.4 Å². The number of nitrogens with zero attached hydrogens (tertiary/aromatic N) is 2. The minimum atomic E-state index is -4.78. The highest BCUT2D eigenvalue weighted by Crippen LogP contribution is 2.37. The molecular weight excluding hydrogens is 445 g/mol. The molecule has 0 aliphatic heterocycles. The number of carbonyl (C=O) groups is 1. The molecule has 0 aliphatic carbocycles. The van der Waals surface area contributed by atoms with Crippen molar-refractivity contribution in [1.29, 1.82) is 0 Å². The number of rotatable bonds is 7. The molecule has 30 heavy (non-hydrogen) atoms. The zero-order valence-corrected chi connectivity index (χ0v) is 18.0. The zero-order valence-electron chi connectivity index (χ0n) is 16.4. The molecule has 0 heterocycles. The molecule has 2 aromatic rings. The number of benzene rings is 2. The molecule has 11 heteroatoms. The summed E-state index contributed by atoms with van der Waals surface area (Å²) in [7, 11) is -1.12. The van der Waals surface area contributed by atoms with Gasteiger partial charge in [-0.2, -0.15) is 13.2 Å². The number of hydrogen-bond acceptors (Lipinski definition) is 4. The number of para-hydroxylation sites is 1. The topological polar surface area (TPSA) is 66.9 Å². The first-order chi connectivity index (χ1) is 13.8. The van der Waals surface area contributed by atoms with Crippen LogP contribution < -0.4 is 9.04 Å². The van der Waals surface area contributed by atoms with E-state index in [-0.39, 0.29) is 12.2 Å². The number of anilines is 1. The predicted molar refractivity (Wildman–Crippen MR) is 108 cm³/mol. The Morgan fingerprint density at radius 3 is 2.37 bits per heavy atom. The molecule has 0 atom stereocenters. The van der Waals surface area contributed by atoms with Gasteiger partial charge in [0.2, 0.25) is 15.9 Å². The number of likely N-dealkylation sites (N-methyl/N-ethyl adjacent to an activating group) is 1. The molecule has 0 saturated carbocycles. The first-order valence-corrected chi connectivity index (χ1v) is 10.8. The summed E-state index contributed by atoms with van der Waals surface area (Å²) in [6.07, 6.45) is -3.97. The second-order valence-corrected chi connectivity index (χ2v) is 8.81. The number of alkyl halides is 3. The molecule has 164 valence electrons. The molecule has 0 spiro atoms. The SMILES string of the molecule is COc1ccccc1CN(C)C(=O)CN(c1ccc(Cl)c(C(F)(F)F)c1)S(C)(=O)=O. The van der Waals surface area contributed by atoms with Crippen molar-refractivity contribution in [2.75, 3.05) is 31.3 Å². The monoisotopic (exact) mass is 464 g/mol. The lowest BCUT2D eigenvalue weighted by atomic mass is 10.2. The van der Waals surface area contributed by atoms with Crippen LogP contribution in [0.15, 0.2) is 42.5 Å². The predicted octanol–water partition coefficient (Wildman–Crippen LogP) is 3.79. The van der Waals surface area contributed by atoms with E-state index in [1.807, 2.05) is 0 Å². The van der Waals surface area contributed by atoms with Crippen LogP contribution in [0.2, 0.25) is 5.02 Å². The summed E-state index contributed by atoms with van der Waals surface area (Å²) in [5.74, 6) is -0.0699. The van der Waals surface area contributed by atoms with Crippen molar-refractivity contribution in [2.45, 2.75) is 12.7 Å². The average Bonchev–Trinajstić information content (AvgIpc) is 2.65. The first-order valence-electron chi connectivity index (χ1n) is 8.55. The van der Waals surface area contributed by atoms with Crippen LogP contribution in [0.25, 0.3) is 0 Å². The van der Waals surface area contributed by atoms with Gasteiger partial charge in [0.15, 0.2) is 0 Å². The van der Waals surface area contributed by atoms with E-state index < -0.39 is 39.2 Å². The Hall–Kier alpha value is -2.46. The maximum absolute atomic E-state index is 13.2. The van der Waals surface area contributed by atoms with Crippen molar-refractivity contribution in [3.63, 3.8) is 0 Å². The minimum Gasteiger partial charge on any atom is -0.496 e. The molecule has 6 nitrogen and oxygen atoms in total. The van der Waals surface area contributed by atoms with Crippen LogP contribution in [-0.2, 0) is 27.5 Å². The number of halogens is 4. The summed E-state index contributed by atoms with van der Waals surface area (Å²) < 4.78 is 69.7. The van der Waals surface area contributed by atoms with Gasteiger partial charge in [0.1, 0.15) is 12.3 Å². The second-order valence-electron chi connectivity index (χ2n) is 6.49. The smallest absolute Gasteiger partial charge is 0.417 e. The second kappa shape index (κ2) is 9.13. The van der Waals surface area contributed by atoms with Crippen LogP contribution in [0.5, 0.6) is 5.75 Å². The van der Waals surface area contributed by atoms with E-state index >= 15 is 0 Å². The Morgan fingerprint density at radius 1 is 1.17 bits per heavy atom. The summed E-state index contributed by atoms with van der Waals surface area (Å²) in [6, 6.07) is 9.64. The third-order valence-corrected chi connectivity index (χ3v) is 5.72. The normalized spacial score (nSPS) is 11.8. The van der Waals surface area contributed by atoms with E-state index in [4.69, 9.17) is 16.3 Å². The fourth-order valence-electron chi connectivity index (χ4n) is 2.71. The fraction of sp³-hybridized carbons (Fsp3) is 0.316. The van der Waals surface area contributed by atoms with Crippen molar-refractivity contribution >= 4 is 33.2 Å². The molecule has 0 N–H and O–H groups in total. The van der Waals surface area contributed by atoms with Gasteiger partial charge in [-0.3, -0.25) is 9.10 Å². The van der Waals surface area contributed by atoms with Gasteiger partial charge in [-0.15, -0.1) is 0 Å². The zero-order chi connectivity index (χ0) is 22.7. The van der Waals surface area contributed by atoms with E-state index in [1.165, 1.54) is 19.1 Å². The fourth-order valence-corrected chi connectivity index (χ4v) is 3.77. The van der Waals surface area contributed by atoms with E-state index in [1.54, 1.807) is 24.3 Å². The Balaban J connectivity index is 2.30. The number of ether oxygens (including phenoxy) is 1. The Bertz CT molecular complexity index is 1030. The van der Waals surface area contributed by atoms with Crippen molar-refractivity contribution in [1.82, 2.24) is 4.90 Å². The van der Waals surface area contributed by atoms with Gasteiger partial charge in [0.25, 0.3) is 0 Å². The number of methoxy groups -OCH3 is 1. The molecule has 1 amide bonds. The molecule has 0 unspecified atom stereocenters. The molecule has 0 aromatic heterocycles. The van der Waals surface area contributed by atoms with Gasteiger partial charge in [0, 0.05) is 19.2 Å². The van der Waals surface area contributed by atoms with Crippen LogP contribution in [0.1, 0.15) is 11.1 Å². The van der Waals surface area contributed by atoms with Gasteiger partial charge in [-0.25, -0.2) is 8.42 Å². The third-order valence-electron chi connectivity index (χ3n) is 4.25. The van der Waals surface area contributed by atoms with Crippen molar-refractivity contribution < 1.29 is 31.1 Å².